The van der Waals surface area contributed by atoms with Crippen LogP contribution in [0.5, 0.6) is 0 Å². The van der Waals surface area contributed by atoms with Crippen molar-refractivity contribution >= 4 is 28.4 Å². The Bertz CT molecular complexity index is 851. The molecule has 4 nitrogen and oxygen atoms in total. The van der Waals surface area contributed by atoms with E-state index in [4.69, 9.17) is 0 Å². The number of carbonyl (C=O) groups excluding carboxylic acids is 2. The number of hydrogen-bond donors (Lipinski definition) is 0. The van der Waals surface area contributed by atoms with Crippen LogP contribution in [0.2, 0.25) is 0 Å². The highest BCUT2D eigenvalue weighted by Gasteiger charge is 2.40. The van der Waals surface area contributed by atoms with Crippen molar-refractivity contribution in [1.82, 2.24) is 4.57 Å². The summed E-state index contributed by atoms with van der Waals surface area (Å²) in [6.45, 7) is 2.74. The van der Waals surface area contributed by atoms with Crippen molar-refractivity contribution in [2.75, 3.05) is 4.90 Å². The van der Waals surface area contributed by atoms with E-state index < -0.39 is 5.82 Å². The Labute approximate surface area is 133 Å². The molecule has 0 atom stereocenters. The lowest BCUT2D eigenvalue weighted by molar-refractivity contribution is -0.120. The van der Waals surface area contributed by atoms with E-state index in [1.54, 1.807) is 6.07 Å². The Morgan fingerprint density at radius 2 is 1.74 bits per heavy atom. The number of imide groups is 1. The lowest BCUT2D eigenvalue weighted by Gasteiger charge is -2.16. The maximum atomic E-state index is 14.5. The van der Waals surface area contributed by atoms with E-state index in [2.05, 4.69) is 0 Å². The number of rotatable bonds is 2. The number of carbonyl (C=O) groups is 2. The molecular weight excluding hydrogens is 295 g/mol. The summed E-state index contributed by atoms with van der Waals surface area (Å²) >= 11 is 0. The quantitative estimate of drug-likeness (QED) is 0.796. The Hall–Kier alpha value is -2.43. The van der Waals surface area contributed by atoms with Gasteiger partial charge in [-0.15, -0.1) is 0 Å². The van der Waals surface area contributed by atoms with Crippen LogP contribution in [0.3, 0.4) is 0 Å². The summed E-state index contributed by atoms with van der Waals surface area (Å²) in [5.74, 6) is -1.23. The Kier molecular flexibility index (Phi) is 3.11. The number of anilines is 1. The second-order valence-corrected chi connectivity index (χ2v) is 6.07. The number of aryl methyl sites for hydroxylation is 1. The summed E-state index contributed by atoms with van der Waals surface area (Å²) in [6, 6.07) is 4.85. The third kappa shape index (κ3) is 1.96. The van der Waals surface area contributed by atoms with Gasteiger partial charge in [-0.3, -0.25) is 9.59 Å². The van der Waals surface area contributed by atoms with Crippen molar-refractivity contribution in [2.24, 2.45) is 0 Å². The molecule has 4 rings (SSSR count). The molecule has 0 unspecified atom stereocenters. The van der Waals surface area contributed by atoms with Gasteiger partial charge < -0.3 is 4.57 Å². The van der Waals surface area contributed by atoms with E-state index in [1.807, 2.05) is 23.8 Å². The molecule has 2 heterocycles. The first-order valence-corrected chi connectivity index (χ1v) is 8.01. The van der Waals surface area contributed by atoms with E-state index in [1.165, 1.54) is 6.07 Å². The molecule has 5 heteroatoms. The van der Waals surface area contributed by atoms with Crippen LogP contribution in [0.25, 0.3) is 10.9 Å². The molecule has 23 heavy (non-hydrogen) atoms. The van der Waals surface area contributed by atoms with Crippen molar-refractivity contribution in [2.45, 2.75) is 39.2 Å². The highest BCUT2D eigenvalue weighted by molar-refractivity contribution is 6.33. The van der Waals surface area contributed by atoms with E-state index in [9.17, 15) is 14.0 Å². The summed E-state index contributed by atoms with van der Waals surface area (Å²) < 4.78 is 16.5. The van der Waals surface area contributed by atoms with Gasteiger partial charge in [0.05, 0.1) is 11.2 Å². The molecule has 1 aromatic carbocycles. The second-order valence-electron chi connectivity index (χ2n) is 6.07. The van der Waals surface area contributed by atoms with Crippen LogP contribution in [0.1, 0.15) is 32.6 Å². The number of nitrogens with zero attached hydrogens (tertiary/aromatic N) is 2. The predicted octanol–water partition coefficient (Wildman–Crippen LogP) is 3.54. The maximum Gasteiger partial charge on any atom is 0.261 e. The lowest BCUT2D eigenvalue weighted by atomic mass is 9.93. The fourth-order valence-corrected chi connectivity index (χ4v) is 3.60. The van der Waals surface area contributed by atoms with Crippen LogP contribution in [-0.4, -0.2) is 16.4 Å². The van der Waals surface area contributed by atoms with Crippen molar-refractivity contribution in [1.29, 1.82) is 0 Å². The molecule has 0 N–H and O–H groups in total. The molecule has 1 aliphatic heterocycles. The highest BCUT2D eigenvalue weighted by Crippen LogP contribution is 2.37. The molecular formula is C18H17FN2O2. The Morgan fingerprint density at radius 3 is 2.35 bits per heavy atom. The van der Waals surface area contributed by atoms with Gasteiger partial charge in [-0.25, -0.2) is 9.29 Å². The fourth-order valence-electron chi connectivity index (χ4n) is 3.60. The van der Waals surface area contributed by atoms with Gasteiger partial charge in [-0.2, -0.15) is 0 Å². The van der Waals surface area contributed by atoms with Crippen LogP contribution >= 0.6 is 0 Å². The molecule has 0 bridgehead atoms. The third-order valence-electron chi connectivity index (χ3n) is 4.81. The normalized spacial score (nSPS) is 18.3. The molecule has 0 saturated heterocycles. The molecule has 2 aliphatic rings. The van der Waals surface area contributed by atoms with Crippen LogP contribution in [0.4, 0.5) is 10.1 Å². The summed E-state index contributed by atoms with van der Waals surface area (Å²) in [5, 5.41) is 0.768. The van der Waals surface area contributed by atoms with Gasteiger partial charge in [-0.1, -0.05) is 0 Å². The van der Waals surface area contributed by atoms with Crippen LogP contribution in [0, 0.1) is 5.82 Å². The van der Waals surface area contributed by atoms with Gasteiger partial charge in [0.2, 0.25) is 0 Å². The van der Waals surface area contributed by atoms with E-state index in [-0.39, 0.29) is 17.5 Å². The topological polar surface area (TPSA) is 42.3 Å². The average Bonchev–Trinajstić information content (AvgIpc) is 3.06. The summed E-state index contributed by atoms with van der Waals surface area (Å²) in [6.07, 6.45) is 4.93. The van der Waals surface area contributed by atoms with Crippen molar-refractivity contribution in [3.63, 3.8) is 0 Å². The van der Waals surface area contributed by atoms with Gasteiger partial charge in [0.1, 0.15) is 5.82 Å². The van der Waals surface area contributed by atoms with Gasteiger partial charge in [-0.05, 0) is 50.8 Å². The number of hydrogen-bond acceptors (Lipinski definition) is 2. The van der Waals surface area contributed by atoms with Crippen molar-refractivity contribution < 1.29 is 14.0 Å². The smallest absolute Gasteiger partial charge is 0.261 e. The summed E-state index contributed by atoms with van der Waals surface area (Å²) in [5.41, 5.74) is 2.04. The molecule has 2 amide bonds. The second kappa shape index (κ2) is 5.05. The first-order chi connectivity index (χ1) is 11.1. The molecule has 2 aromatic rings. The SMILES string of the molecule is CCn1ccc2cc(F)c(N3C(=O)C4=C(CCCC4)C3=O)cc21. The van der Waals surface area contributed by atoms with Gasteiger partial charge >= 0.3 is 0 Å². The highest BCUT2D eigenvalue weighted by atomic mass is 19.1. The number of benzene rings is 1. The maximum absolute atomic E-state index is 14.5. The van der Waals surface area contributed by atoms with Gasteiger partial charge in [0, 0.05) is 29.3 Å². The van der Waals surface area contributed by atoms with E-state index in [0.717, 1.165) is 35.2 Å². The fraction of sp³-hybridized carbons (Fsp3) is 0.333. The largest absolute Gasteiger partial charge is 0.348 e. The Balaban J connectivity index is 1.85. The number of amides is 2. The van der Waals surface area contributed by atoms with Gasteiger partial charge in [0.25, 0.3) is 11.8 Å². The van der Waals surface area contributed by atoms with Gasteiger partial charge in [0.15, 0.2) is 0 Å². The molecule has 0 fully saturated rings. The minimum absolute atomic E-state index is 0.0651. The third-order valence-corrected chi connectivity index (χ3v) is 4.81. The predicted molar refractivity (Wildman–Crippen MR) is 85.6 cm³/mol. The number of aromatic nitrogens is 1. The average molecular weight is 312 g/mol. The van der Waals surface area contributed by atoms with Crippen molar-refractivity contribution in [3.8, 4) is 0 Å². The molecule has 118 valence electrons. The number of halogens is 1. The minimum Gasteiger partial charge on any atom is -0.348 e. The zero-order valence-electron chi connectivity index (χ0n) is 12.9. The van der Waals surface area contributed by atoms with Crippen molar-refractivity contribution in [3.05, 3.63) is 41.4 Å². The summed E-state index contributed by atoms with van der Waals surface area (Å²) in [4.78, 5) is 26.2. The van der Waals surface area contributed by atoms with Crippen LogP contribution in [0.15, 0.2) is 35.5 Å². The summed E-state index contributed by atoms with van der Waals surface area (Å²) in [7, 11) is 0. The first-order valence-electron chi connectivity index (χ1n) is 8.01. The first kappa shape index (κ1) is 14.2. The van der Waals surface area contributed by atoms with E-state index >= 15 is 0 Å². The zero-order valence-corrected chi connectivity index (χ0v) is 12.9. The molecule has 1 aliphatic carbocycles. The van der Waals surface area contributed by atoms with Crippen LogP contribution in [-0.2, 0) is 16.1 Å². The van der Waals surface area contributed by atoms with E-state index in [0.29, 0.717) is 24.0 Å². The molecule has 0 radical (unpaired) electrons. The van der Waals surface area contributed by atoms with Crippen LogP contribution < -0.4 is 4.90 Å². The lowest BCUT2D eigenvalue weighted by Crippen LogP contribution is -2.32. The molecule has 1 aromatic heterocycles. The molecule has 0 saturated carbocycles. The standard InChI is InChI=1S/C18H17FN2O2/c1-2-20-8-7-11-9-14(19)16(10-15(11)20)21-17(22)12-5-3-4-6-13(12)18(21)23/h7-10H,2-6H2,1H3. The molecule has 0 spiro atoms. The number of fused-ring (bicyclic) bond motifs is 1. The zero-order chi connectivity index (χ0) is 16.1. The minimum atomic E-state index is -0.534. The Morgan fingerprint density at radius 1 is 1.09 bits per heavy atom. The monoisotopic (exact) mass is 312 g/mol.